The van der Waals surface area contributed by atoms with Gasteiger partial charge in [-0.15, -0.1) is 0 Å². The molecule has 3 aromatic carbocycles. The summed E-state index contributed by atoms with van der Waals surface area (Å²) in [6, 6.07) is 30.7. The predicted molar refractivity (Wildman–Crippen MR) is 130 cm³/mol. The number of unbranched alkanes of at least 4 members (excludes halogenated alkanes) is 1. The van der Waals surface area contributed by atoms with Crippen molar-refractivity contribution < 1.29 is 4.57 Å². The van der Waals surface area contributed by atoms with E-state index in [1.165, 1.54) is 29.6 Å². The highest BCUT2D eigenvalue weighted by molar-refractivity contribution is 7.78. The molecule has 0 atom stereocenters. The van der Waals surface area contributed by atoms with E-state index in [0.717, 1.165) is 29.9 Å². The van der Waals surface area contributed by atoms with Gasteiger partial charge in [0.05, 0.1) is 0 Å². The van der Waals surface area contributed by atoms with Crippen molar-refractivity contribution in [3.05, 3.63) is 114 Å². The molecule has 152 valence electrons. The van der Waals surface area contributed by atoms with Gasteiger partial charge in [-0.1, -0.05) is 103 Å². The zero-order valence-electron chi connectivity index (χ0n) is 17.4. The van der Waals surface area contributed by atoms with E-state index >= 15 is 0 Å². The normalized spacial score (nSPS) is 14.5. The first-order valence-electron chi connectivity index (χ1n) is 10.9. The fourth-order valence-corrected chi connectivity index (χ4v) is 7.02. The van der Waals surface area contributed by atoms with Gasteiger partial charge in [0.2, 0.25) is 0 Å². The highest BCUT2D eigenvalue weighted by Gasteiger charge is 2.26. The Morgan fingerprint density at radius 3 is 1.90 bits per heavy atom. The Bertz CT molecular complexity index is 1010. The van der Waals surface area contributed by atoms with Crippen LogP contribution < -0.4 is 10.6 Å². The predicted octanol–water partition coefficient (Wildman–Crippen LogP) is 6.97. The van der Waals surface area contributed by atoms with Gasteiger partial charge in [0.15, 0.2) is 0 Å². The molecule has 0 fully saturated rings. The molecular weight excluding hydrogens is 383 g/mol. The topological polar surface area (TPSA) is 17.1 Å². The molecule has 0 radical (unpaired) electrons. The molecule has 0 saturated carbocycles. The largest absolute Gasteiger partial charge is 0.314 e. The molecule has 0 unspecified atom stereocenters. The van der Waals surface area contributed by atoms with Gasteiger partial charge in [-0.2, -0.15) is 0 Å². The van der Waals surface area contributed by atoms with Crippen molar-refractivity contribution in [3.63, 3.8) is 0 Å². The maximum absolute atomic E-state index is 14.2. The molecule has 4 rings (SSSR count). The lowest BCUT2D eigenvalue weighted by Crippen LogP contribution is -2.18. The maximum atomic E-state index is 14.2. The number of hydrogen-bond donors (Lipinski definition) is 0. The minimum Gasteiger partial charge on any atom is -0.314 e. The molecule has 0 aliphatic heterocycles. The Labute approximate surface area is 180 Å². The molecule has 2 heteroatoms. The van der Waals surface area contributed by atoms with E-state index in [4.69, 9.17) is 0 Å². The van der Waals surface area contributed by atoms with E-state index in [2.05, 4.69) is 42.5 Å². The molecule has 0 spiro atoms. The van der Waals surface area contributed by atoms with Crippen molar-refractivity contribution in [2.75, 3.05) is 6.16 Å². The van der Waals surface area contributed by atoms with Gasteiger partial charge in [0.1, 0.15) is 7.14 Å². The lowest BCUT2D eigenvalue weighted by molar-refractivity contribution is 0.585. The zero-order chi connectivity index (χ0) is 20.7. The Balaban J connectivity index is 1.55. The molecule has 0 N–H and O–H groups in total. The van der Waals surface area contributed by atoms with Crippen LogP contribution in [0.4, 0.5) is 0 Å². The van der Waals surface area contributed by atoms with E-state index in [1.54, 1.807) is 0 Å². The summed E-state index contributed by atoms with van der Waals surface area (Å²) in [6.45, 7) is 0. The van der Waals surface area contributed by atoms with Crippen molar-refractivity contribution in [1.29, 1.82) is 0 Å². The third-order valence-electron chi connectivity index (χ3n) is 5.84. The highest BCUT2D eigenvalue weighted by atomic mass is 31.2. The Morgan fingerprint density at radius 1 is 0.800 bits per heavy atom. The highest BCUT2D eigenvalue weighted by Crippen LogP contribution is 2.44. The smallest absolute Gasteiger partial charge is 0.143 e. The van der Waals surface area contributed by atoms with Gasteiger partial charge in [0, 0.05) is 16.8 Å². The SMILES string of the molecule is O=P(CCC/C=C(\C1=CCCC1)c1ccccc1)(c1ccccc1)c1ccccc1. The summed E-state index contributed by atoms with van der Waals surface area (Å²) in [5.74, 6) is 0. The number of hydrogen-bond acceptors (Lipinski definition) is 1. The number of rotatable bonds is 8. The monoisotopic (exact) mass is 412 g/mol. The van der Waals surface area contributed by atoms with E-state index in [0.29, 0.717) is 6.16 Å². The van der Waals surface area contributed by atoms with Crippen LogP contribution >= 0.6 is 7.14 Å². The van der Waals surface area contributed by atoms with Crippen LogP contribution in [0.2, 0.25) is 0 Å². The van der Waals surface area contributed by atoms with Crippen LogP contribution in [0.3, 0.4) is 0 Å². The van der Waals surface area contributed by atoms with Crippen molar-refractivity contribution in [2.24, 2.45) is 0 Å². The van der Waals surface area contributed by atoms with Crippen LogP contribution in [0.5, 0.6) is 0 Å². The molecule has 0 bridgehead atoms. The Morgan fingerprint density at radius 2 is 1.37 bits per heavy atom. The second kappa shape index (κ2) is 9.92. The average Bonchev–Trinajstić information content (AvgIpc) is 3.35. The molecule has 3 aromatic rings. The van der Waals surface area contributed by atoms with Gasteiger partial charge >= 0.3 is 0 Å². The van der Waals surface area contributed by atoms with Crippen LogP contribution in [0.25, 0.3) is 5.57 Å². The first-order chi connectivity index (χ1) is 14.8. The zero-order valence-corrected chi connectivity index (χ0v) is 18.3. The summed E-state index contributed by atoms with van der Waals surface area (Å²) in [5, 5.41) is 1.92. The first kappa shape index (κ1) is 20.6. The summed E-state index contributed by atoms with van der Waals surface area (Å²) in [7, 11) is -2.63. The van der Waals surface area contributed by atoms with Crippen LogP contribution in [-0.4, -0.2) is 6.16 Å². The molecule has 0 amide bonds. The first-order valence-corrected chi connectivity index (χ1v) is 12.8. The lowest BCUT2D eigenvalue weighted by Gasteiger charge is -2.19. The Kier molecular flexibility index (Phi) is 6.82. The third kappa shape index (κ3) is 4.74. The average molecular weight is 413 g/mol. The number of benzene rings is 3. The van der Waals surface area contributed by atoms with Gasteiger partial charge in [-0.05, 0) is 48.8 Å². The van der Waals surface area contributed by atoms with Gasteiger partial charge in [-0.25, -0.2) is 0 Å². The van der Waals surface area contributed by atoms with Gasteiger partial charge in [-0.3, -0.25) is 0 Å². The quantitative estimate of drug-likeness (QED) is 0.288. The fraction of sp³-hybridized carbons (Fsp3) is 0.214. The van der Waals surface area contributed by atoms with Crippen LogP contribution in [-0.2, 0) is 4.57 Å². The molecule has 1 aliphatic rings. The summed E-state index contributed by atoms with van der Waals surface area (Å²) < 4.78 is 14.2. The standard InChI is InChI=1S/C28H29OP/c29-30(26-18-6-2-7-19-26,27-20-8-3-9-21-27)23-13-12-22-28(25-16-10-11-17-25)24-14-4-1-5-15-24/h1-9,14-16,18-22H,10-13,17,23H2/b28-22-. The Hall–Kier alpha value is -2.63. The van der Waals surface area contributed by atoms with Crippen molar-refractivity contribution in [2.45, 2.75) is 32.1 Å². The molecule has 0 aromatic heterocycles. The minimum atomic E-state index is -2.63. The van der Waals surface area contributed by atoms with E-state index in [1.807, 2.05) is 60.7 Å². The minimum absolute atomic E-state index is 0.693. The molecule has 1 nitrogen and oxygen atoms in total. The second-order valence-corrected chi connectivity index (χ2v) is 10.8. The molecule has 30 heavy (non-hydrogen) atoms. The molecule has 1 aliphatic carbocycles. The van der Waals surface area contributed by atoms with Crippen molar-refractivity contribution >= 4 is 23.3 Å². The summed E-state index contributed by atoms with van der Waals surface area (Å²) in [5.41, 5.74) is 4.12. The maximum Gasteiger partial charge on any atom is 0.143 e. The number of allylic oxidation sites excluding steroid dienone is 4. The molecular formula is C28H29OP. The van der Waals surface area contributed by atoms with Gasteiger partial charge in [0.25, 0.3) is 0 Å². The summed E-state index contributed by atoms with van der Waals surface area (Å²) in [4.78, 5) is 0. The fourth-order valence-electron chi connectivity index (χ4n) is 4.27. The van der Waals surface area contributed by atoms with Gasteiger partial charge < -0.3 is 4.57 Å². The van der Waals surface area contributed by atoms with Crippen LogP contribution in [0.15, 0.2) is 109 Å². The third-order valence-corrected chi connectivity index (χ3v) is 9.05. The van der Waals surface area contributed by atoms with E-state index in [-0.39, 0.29) is 0 Å². The van der Waals surface area contributed by atoms with Crippen molar-refractivity contribution in [3.8, 4) is 0 Å². The lowest BCUT2D eigenvalue weighted by atomic mass is 9.96. The van der Waals surface area contributed by atoms with Crippen LogP contribution in [0, 0.1) is 0 Å². The second-order valence-electron chi connectivity index (χ2n) is 7.88. The summed E-state index contributed by atoms with van der Waals surface area (Å²) >= 11 is 0. The van der Waals surface area contributed by atoms with E-state index in [9.17, 15) is 4.57 Å². The molecule has 0 saturated heterocycles. The van der Waals surface area contributed by atoms with E-state index < -0.39 is 7.14 Å². The van der Waals surface area contributed by atoms with Crippen molar-refractivity contribution in [1.82, 2.24) is 0 Å². The molecule has 0 heterocycles. The van der Waals surface area contributed by atoms with Crippen LogP contribution in [0.1, 0.15) is 37.7 Å². The summed E-state index contributed by atoms with van der Waals surface area (Å²) in [6.07, 6.45) is 10.9.